The Kier molecular flexibility index (Phi) is 6.97. The smallest absolute Gasteiger partial charge is 0.0587 e. The van der Waals surface area contributed by atoms with Gasteiger partial charge in [0.25, 0.3) is 0 Å². The van der Waals surface area contributed by atoms with Gasteiger partial charge in [-0.2, -0.15) is 0 Å². The normalized spacial score (nSPS) is 11.1. The van der Waals surface area contributed by atoms with E-state index in [0.29, 0.717) is 5.25 Å². The quantitative estimate of drug-likeness (QED) is 0.606. The summed E-state index contributed by atoms with van der Waals surface area (Å²) in [6.45, 7) is 6.81. The van der Waals surface area contributed by atoms with Crippen LogP contribution < -0.4 is 5.32 Å². The molecule has 0 radical (unpaired) electrons. The number of ether oxygens (including phenoxy) is 1. The van der Waals surface area contributed by atoms with Crippen molar-refractivity contribution in [2.45, 2.75) is 30.5 Å². The molecule has 1 aromatic rings. The van der Waals surface area contributed by atoms with E-state index in [2.05, 4.69) is 25.2 Å². The van der Waals surface area contributed by atoms with Crippen molar-refractivity contribution in [1.82, 2.24) is 5.32 Å². The van der Waals surface area contributed by atoms with Gasteiger partial charge in [0.1, 0.15) is 0 Å². The summed E-state index contributed by atoms with van der Waals surface area (Å²) in [6, 6.07) is 6.08. The predicted octanol–water partition coefficient (Wildman–Crippen LogP) is 3.58. The van der Waals surface area contributed by atoms with Gasteiger partial charge in [-0.15, -0.1) is 11.8 Å². The molecule has 0 amide bonds. The lowest BCUT2D eigenvalue weighted by Gasteiger charge is -2.12. The maximum Gasteiger partial charge on any atom is 0.0587 e. The van der Waals surface area contributed by atoms with Crippen molar-refractivity contribution >= 4 is 23.4 Å². The highest BCUT2D eigenvalue weighted by molar-refractivity contribution is 8.00. The molecule has 0 fully saturated rings. The minimum atomic E-state index is 0.578. The second-order valence-electron chi connectivity index (χ2n) is 4.09. The maximum atomic E-state index is 6.03. The predicted molar refractivity (Wildman–Crippen MR) is 76.0 cm³/mol. The summed E-state index contributed by atoms with van der Waals surface area (Å²) in [4.78, 5) is 1.30. The first kappa shape index (κ1) is 14.8. The summed E-state index contributed by atoms with van der Waals surface area (Å²) in [7, 11) is 1.71. The maximum absolute atomic E-state index is 6.03. The van der Waals surface area contributed by atoms with Gasteiger partial charge in [0, 0.05) is 35.4 Å². The monoisotopic (exact) mass is 273 g/mol. The van der Waals surface area contributed by atoms with E-state index >= 15 is 0 Å². The molecule has 0 saturated heterocycles. The molecule has 17 heavy (non-hydrogen) atoms. The first-order valence-corrected chi connectivity index (χ1v) is 7.04. The Hall–Kier alpha value is -0.220. The van der Waals surface area contributed by atoms with Crippen LogP contribution in [0.1, 0.15) is 19.4 Å². The molecule has 4 heteroatoms. The molecular formula is C13H20ClNOS. The van der Waals surface area contributed by atoms with Crippen molar-refractivity contribution < 1.29 is 4.74 Å². The molecule has 0 heterocycles. The van der Waals surface area contributed by atoms with Gasteiger partial charge in [-0.05, 0) is 23.8 Å². The molecule has 96 valence electrons. The van der Waals surface area contributed by atoms with Crippen molar-refractivity contribution in [2.75, 3.05) is 20.3 Å². The largest absolute Gasteiger partial charge is 0.383 e. The second-order valence-corrected chi connectivity index (χ2v) is 6.14. The number of hydrogen-bond acceptors (Lipinski definition) is 3. The lowest BCUT2D eigenvalue weighted by molar-refractivity contribution is 0.199. The molecule has 0 aromatic heterocycles. The van der Waals surface area contributed by atoms with E-state index in [9.17, 15) is 0 Å². The van der Waals surface area contributed by atoms with Crippen molar-refractivity contribution in [2.24, 2.45) is 0 Å². The van der Waals surface area contributed by atoms with Crippen LogP contribution >= 0.6 is 23.4 Å². The van der Waals surface area contributed by atoms with Crippen LogP contribution in [0.25, 0.3) is 0 Å². The first-order chi connectivity index (χ1) is 8.13. The van der Waals surface area contributed by atoms with Gasteiger partial charge in [-0.25, -0.2) is 0 Å². The lowest BCUT2D eigenvalue weighted by Crippen LogP contribution is -2.19. The molecule has 0 unspecified atom stereocenters. The van der Waals surface area contributed by atoms with E-state index in [-0.39, 0.29) is 0 Å². The van der Waals surface area contributed by atoms with E-state index in [1.807, 2.05) is 23.9 Å². The van der Waals surface area contributed by atoms with Crippen molar-refractivity contribution in [3.8, 4) is 0 Å². The molecule has 0 saturated carbocycles. The highest BCUT2D eigenvalue weighted by Crippen LogP contribution is 2.28. The van der Waals surface area contributed by atoms with Gasteiger partial charge >= 0.3 is 0 Å². The van der Waals surface area contributed by atoms with Crippen LogP contribution in [-0.4, -0.2) is 25.5 Å². The molecule has 1 aromatic carbocycles. The van der Waals surface area contributed by atoms with Gasteiger partial charge in [0.2, 0.25) is 0 Å². The van der Waals surface area contributed by atoms with E-state index in [1.165, 1.54) is 10.5 Å². The van der Waals surface area contributed by atoms with Gasteiger partial charge in [-0.3, -0.25) is 0 Å². The molecule has 1 N–H and O–H groups in total. The standard InChI is InChI=1S/C13H20ClNOS/c1-10(2)17-13-5-4-12(14)8-11(13)9-15-6-7-16-3/h4-5,8,10,15H,6-7,9H2,1-3H3. The zero-order chi connectivity index (χ0) is 12.7. The Labute approximate surface area is 113 Å². The number of halogens is 1. The van der Waals surface area contributed by atoms with Crippen LogP contribution in [0.5, 0.6) is 0 Å². The van der Waals surface area contributed by atoms with E-state index in [1.54, 1.807) is 7.11 Å². The summed E-state index contributed by atoms with van der Waals surface area (Å²) in [5.41, 5.74) is 1.26. The third-order valence-electron chi connectivity index (χ3n) is 2.18. The molecule has 0 aliphatic rings. The fourth-order valence-electron chi connectivity index (χ4n) is 1.45. The molecular weight excluding hydrogens is 254 g/mol. The Bertz CT molecular complexity index is 344. The Morgan fingerprint density at radius 1 is 1.41 bits per heavy atom. The Morgan fingerprint density at radius 3 is 2.82 bits per heavy atom. The third kappa shape index (κ3) is 5.77. The summed E-state index contributed by atoms with van der Waals surface area (Å²) in [5.74, 6) is 0. The molecule has 0 bridgehead atoms. The topological polar surface area (TPSA) is 21.3 Å². The van der Waals surface area contributed by atoms with Crippen molar-refractivity contribution in [3.63, 3.8) is 0 Å². The van der Waals surface area contributed by atoms with E-state index in [0.717, 1.165) is 24.7 Å². The van der Waals surface area contributed by atoms with Gasteiger partial charge in [-0.1, -0.05) is 25.4 Å². The zero-order valence-electron chi connectivity index (χ0n) is 10.6. The molecule has 2 nitrogen and oxygen atoms in total. The lowest BCUT2D eigenvalue weighted by atomic mass is 10.2. The van der Waals surface area contributed by atoms with Crippen molar-refractivity contribution in [3.05, 3.63) is 28.8 Å². The van der Waals surface area contributed by atoms with Gasteiger partial charge in [0.15, 0.2) is 0 Å². The van der Waals surface area contributed by atoms with Gasteiger partial charge < -0.3 is 10.1 Å². The number of methoxy groups -OCH3 is 1. The minimum Gasteiger partial charge on any atom is -0.383 e. The average Bonchev–Trinajstić information content (AvgIpc) is 2.27. The SMILES string of the molecule is COCCNCc1cc(Cl)ccc1SC(C)C. The van der Waals surface area contributed by atoms with Crippen LogP contribution in [0.15, 0.2) is 23.1 Å². The zero-order valence-corrected chi connectivity index (χ0v) is 12.2. The summed E-state index contributed by atoms with van der Waals surface area (Å²) in [5, 5.41) is 4.72. The molecule has 0 aliphatic carbocycles. The highest BCUT2D eigenvalue weighted by Gasteiger charge is 2.06. The van der Waals surface area contributed by atoms with E-state index < -0.39 is 0 Å². The third-order valence-corrected chi connectivity index (χ3v) is 3.54. The van der Waals surface area contributed by atoms with E-state index in [4.69, 9.17) is 16.3 Å². The second kappa shape index (κ2) is 7.98. The summed E-state index contributed by atoms with van der Waals surface area (Å²) in [6.07, 6.45) is 0. The Morgan fingerprint density at radius 2 is 2.18 bits per heavy atom. The van der Waals surface area contributed by atoms with Crippen LogP contribution in [-0.2, 0) is 11.3 Å². The van der Waals surface area contributed by atoms with Crippen LogP contribution in [0.3, 0.4) is 0 Å². The fourth-order valence-corrected chi connectivity index (χ4v) is 2.58. The minimum absolute atomic E-state index is 0.578. The number of rotatable bonds is 7. The highest BCUT2D eigenvalue weighted by atomic mass is 35.5. The molecule has 0 spiro atoms. The number of thioether (sulfide) groups is 1. The number of hydrogen-bond donors (Lipinski definition) is 1. The van der Waals surface area contributed by atoms with Crippen molar-refractivity contribution in [1.29, 1.82) is 0 Å². The molecule has 0 aliphatic heterocycles. The fraction of sp³-hybridized carbons (Fsp3) is 0.538. The molecule has 1 rings (SSSR count). The van der Waals surface area contributed by atoms with Crippen LogP contribution in [0, 0.1) is 0 Å². The number of nitrogens with one attached hydrogen (secondary N) is 1. The van der Waals surface area contributed by atoms with Crippen LogP contribution in [0.2, 0.25) is 5.02 Å². The number of benzene rings is 1. The first-order valence-electron chi connectivity index (χ1n) is 5.78. The summed E-state index contributed by atoms with van der Waals surface area (Å²) >= 11 is 7.90. The average molecular weight is 274 g/mol. The Balaban J connectivity index is 2.63. The summed E-state index contributed by atoms with van der Waals surface area (Å²) < 4.78 is 5.00. The molecule has 0 atom stereocenters. The van der Waals surface area contributed by atoms with Gasteiger partial charge in [0.05, 0.1) is 6.61 Å². The van der Waals surface area contributed by atoms with Crippen LogP contribution in [0.4, 0.5) is 0 Å².